The third-order valence-electron chi connectivity index (χ3n) is 5.21. The zero-order chi connectivity index (χ0) is 17.0. The number of hydrogen-bond acceptors (Lipinski definition) is 1. The second kappa shape index (κ2) is 5.22. The summed E-state index contributed by atoms with van der Waals surface area (Å²) in [6.07, 6.45) is 0. The highest BCUT2D eigenvalue weighted by Crippen LogP contribution is 2.41. The van der Waals surface area contributed by atoms with Gasteiger partial charge >= 0.3 is 0 Å². The van der Waals surface area contributed by atoms with E-state index < -0.39 is 0 Å². The predicted octanol–water partition coefficient (Wildman–Crippen LogP) is 6.57. The SMILES string of the molecule is COc1ccc2ccc3c(-c4ccc(C)cc4)ccc4ccc1c2c43. The van der Waals surface area contributed by atoms with Crippen LogP contribution in [0.3, 0.4) is 0 Å². The molecule has 0 unspecified atom stereocenters. The van der Waals surface area contributed by atoms with E-state index in [1.807, 2.05) is 0 Å². The Bertz CT molecular complexity index is 1220. The molecule has 0 saturated heterocycles. The van der Waals surface area contributed by atoms with Gasteiger partial charge in [0.25, 0.3) is 0 Å². The molecule has 1 nitrogen and oxygen atoms in total. The van der Waals surface area contributed by atoms with Gasteiger partial charge in [0.05, 0.1) is 7.11 Å². The maximum atomic E-state index is 5.60. The highest BCUT2D eigenvalue weighted by Gasteiger charge is 2.13. The van der Waals surface area contributed by atoms with Crippen molar-refractivity contribution >= 4 is 32.3 Å². The molecule has 0 amide bonds. The Balaban J connectivity index is 1.95. The van der Waals surface area contributed by atoms with E-state index in [0.717, 1.165) is 5.75 Å². The fourth-order valence-electron chi connectivity index (χ4n) is 3.94. The van der Waals surface area contributed by atoms with Crippen LogP contribution < -0.4 is 4.74 Å². The fourth-order valence-corrected chi connectivity index (χ4v) is 3.94. The third kappa shape index (κ3) is 2.02. The molecule has 0 heterocycles. The molecule has 120 valence electrons. The number of benzene rings is 5. The molecule has 0 spiro atoms. The summed E-state index contributed by atoms with van der Waals surface area (Å²) in [6, 6.07) is 26.3. The molecule has 0 atom stereocenters. The topological polar surface area (TPSA) is 9.23 Å². The first-order valence-corrected chi connectivity index (χ1v) is 8.58. The molecule has 0 bridgehead atoms. The maximum Gasteiger partial charge on any atom is 0.126 e. The molecule has 0 N–H and O–H groups in total. The summed E-state index contributed by atoms with van der Waals surface area (Å²) in [7, 11) is 1.74. The quantitative estimate of drug-likeness (QED) is 0.334. The minimum Gasteiger partial charge on any atom is -0.496 e. The molecule has 1 heteroatoms. The Hall–Kier alpha value is -3.06. The molecule has 25 heavy (non-hydrogen) atoms. The van der Waals surface area contributed by atoms with Gasteiger partial charge in [-0.1, -0.05) is 66.2 Å². The van der Waals surface area contributed by atoms with Gasteiger partial charge < -0.3 is 4.74 Å². The average molecular weight is 322 g/mol. The Morgan fingerprint density at radius 3 is 1.92 bits per heavy atom. The Kier molecular flexibility index (Phi) is 2.98. The normalized spacial score (nSPS) is 11.6. The summed E-state index contributed by atoms with van der Waals surface area (Å²) >= 11 is 0. The molecular formula is C24H18O. The van der Waals surface area contributed by atoms with Gasteiger partial charge in [-0.15, -0.1) is 0 Å². The molecular weight excluding hydrogens is 304 g/mol. The van der Waals surface area contributed by atoms with Gasteiger partial charge in [0.15, 0.2) is 0 Å². The molecule has 0 saturated carbocycles. The minimum atomic E-state index is 0.933. The Morgan fingerprint density at radius 2 is 1.20 bits per heavy atom. The molecule has 5 rings (SSSR count). The summed E-state index contributed by atoms with van der Waals surface area (Å²) in [5.74, 6) is 0.933. The van der Waals surface area contributed by atoms with Crippen LogP contribution in [-0.2, 0) is 0 Å². The lowest BCUT2D eigenvalue weighted by Gasteiger charge is -2.15. The molecule has 0 aromatic heterocycles. The summed E-state index contributed by atoms with van der Waals surface area (Å²) in [6.45, 7) is 2.13. The van der Waals surface area contributed by atoms with Gasteiger partial charge in [0.2, 0.25) is 0 Å². The standard InChI is InChI=1S/C24H18O/c1-15-3-5-16(6-4-15)19-11-7-17-9-13-21-22(25-2)14-10-18-8-12-20(19)23(17)24(18)21/h3-14H,1-2H3. The average Bonchev–Trinajstić information content (AvgIpc) is 2.66. The van der Waals surface area contributed by atoms with Crippen LogP contribution in [0.15, 0.2) is 72.8 Å². The van der Waals surface area contributed by atoms with Crippen molar-refractivity contribution in [3.8, 4) is 16.9 Å². The predicted molar refractivity (Wildman–Crippen MR) is 107 cm³/mol. The zero-order valence-electron chi connectivity index (χ0n) is 14.3. The first kappa shape index (κ1) is 14.3. The summed E-state index contributed by atoms with van der Waals surface area (Å²) in [4.78, 5) is 0. The van der Waals surface area contributed by atoms with Crippen molar-refractivity contribution < 1.29 is 4.74 Å². The van der Waals surface area contributed by atoms with Crippen molar-refractivity contribution in [2.24, 2.45) is 0 Å². The minimum absolute atomic E-state index is 0.933. The van der Waals surface area contributed by atoms with E-state index in [9.17, 15) is 0 Å². The zero-order valence-corrected chi connectivity index (χ0v) is 14.3. The van der Waals surface area contributed by atoms with Crippen molar-refractivity contribution in [2.45, 2.75) is 6.92 Å². The summed E-state index contributed by atoms with van der Waals surface area (Å²) in [5, 5.41) is 7.63. The van der Waals surface area contributed by atoms with E-state index in [2.05, 4.69) is 79.7 Å². The lowest BCUT2D eigenvalue weighted by Crippen LogP contribution is -1.90. The molecule has 0 fully saturated rings. The summed E-state index contributed by atoms with van der Waals surface area (Å²) in [5.41, 5.74) is 3.83. The van der Waals surface area contributed by atoms with Crippen molar-refractivity contribution in [3.63, 3.8) is 0 Å². The van der Waals surface area contributed by atoms with Crippen LogP contribution in [0, 0.1) is 6.92 Å². The molecule has 5 aromatic carbocycles. The molecule has 0 aliphatic carbocycles. The molecule has 0 aliphatic heterocycles. The first-order valence-electron chi connectivity index (χ1n) is 8.58. The smallest absolute Gasteiger partial charge is 0.126 e. The van der Waals surface area contributed by atoms with Gasteiger partial charge in [-0.2, -0.15) is 0 Å². The van der Waals surface area contributed by atoms with E-state index in [0.29, 0.717) is 0 Å². The van der Waals surface area contributed by atoms with Crippen LogP contribution in [0.4, 0.5) is 0 Å². The number of hydrogen-bond donors (Lipinski definition) is 0. The second-order valence-electron chi connectivity index (χ2n) is 6.67. The van der Waals surface area contributed by atoms with Gasteiger partial charge in [-0.05, 0) is 51.7 Å². The molecule has 0 radical (unpaired) electrons. The van der Waals surface area contributed by atoms with Crippen LogP contribution in [0.1, 0.15) is 5.56 Å². The molecule has 5 aromatic rings. The van der Waals surface area contributed by atoms with Crippen LogP contribution in [-0.4, -0.2) is 7.11 Å². The number of aryl methyl sites for hydroxylation is 1. The number of rotatable bonds is 2. The van der Waals surface area contributed by atoms with E-state index in [1.165, 1.54) is 49.0 Å². The highest BCUT2D eigenvalue weighted by molar-refractivity contribution is 6.26. The van der Waals surface area contributed by atoms with E-state index in [-0.39, 0.29) is 0 Å². The van der Waals surface area contributed by atoms with E-state index in [4.69, 9.17) is 4.74 Å². The lowest BCUT2D eigenvalue weighted by atomic mass is 9.89. The monoisotopic (exact) mass is 322 g/mol. The second-order valence-corrected chi connectivity index (χ2v) is 6.67. The van der Waals surface area contributed by atoms with Crippen LogP contribution >= 0.6 is 0 Å². The van der Waals surface area contributed by atoms with Crippen molar-refractivity contribution in [3.05, 3.63) is 78.4 Å². The first-order chi connectivity index (χ1) is 12.3. The highest BCUT2D eigenvalue weighted by atomic mass is 16.5. The lowest BCUT2D eigenvalue weighted by molar-refractivity contribution is 0.420. The Morgan fingerprint density at radius 1 is 0.600 bits per heavy atom. The van der Waals surface area contributed by atoms with Crippen LogP contribution in [0.2, 0.25) is 0 Å². The fraction of sp³-hybridized carbons (Fsp3) is 0.0833. The van der Waals surface area contributed by atoms with Crippen molar-refractivity contribution in [1.82, 2.24) is 0 Å². The van der Waals surface area contributed by atoms with Gasteiger partial charge in [0.1, 0.15) is 5.75 Å². The van der Waals surface area contributed by atoms with Gasteiger partial charge in [0, 0.05) is 10.8 Å². The largest absolute Gasteiger partial charge is 0.496 e. The maximum absolute atomic E-state index is 5.60. The van der Waals surface area contributed by atoms with Crippen molar-refractivity contribution in [1.29, 1.82) is 0 Å². The van der Waals surface area contributed by atoms with E-state index in [1.54, 1.807) is 7.11 Å². The molecule has 0 aliphatic rings. The van der Waals surface area contributed by atoms with Crippen LogP contribution in [0.5, 0.6) is 5.75 Å². The number of ether oxygens (including phenoxy) is 1. The Labute approximate surface area is 146 Å². The van der Waals surface area contributed by atoms with E-state index >= 15 is 0 Å². The summed E-state index contributed by atoms with van der Waals surface area (Å²) < 4.78 is 5.60. The van der Waals surface area contributed by atoms with Gasteiger partial charge in [-0.3, -0.25) is 0 Å². The third-order valence-corrected chi connectivity index (χ3v) is 5.21. The van der Waals surface area contributed by atoms with Crippen molar-refractivity contribution in [2.75, 3.05) is 7.11 Å². The van der Waals surface area contributed by atoms with Gasteiger partial charge in [-0.25, -0.2) is 0 Å². The van der Waals surface area contributed by atoms with Crippen LogP contribution in [0.25, 0.3) is 43.4 Å². The number of methoxy groups -OCH3 is 1.